The first kappa shape index (κ1) is 13.5. The standard InChI is InChI=1S/C16H17ClO3/c17-14-3-5-15(6-4-14)19-10-16(18)20-9-13-8-11-1-2-12(13)7-11/h1-6,11-13H,7-10H2/t11-,12+,13-/m1/s1. The number of rotatable bonds is 5. The predicted molar refractivity (Wildman–Crippen MR) is 76.8 cm³/mol. The van der Waals surface area contributed by atoms with Crippen molar-refractivity contribution in [2.75, 3.05) is 13.2 Å². The van der Waals surface area contributed by atoms with E-state index in [2.05, 4.69) is 12.2 Å². The van der Waals surface area contributed by atoms with Crippen molar-refractivity contribution in [3.05, 3.63) is 41.4 Å². The number of hydrogen-bond donors (Lipinski definition) is 0. The average Bonchev–Trinajstić information content (AvgIpc) is 3.07. The van der Waals surface area contributed by atoms with Crippen LogP contribution in [0.1, 0.15) is 12.8 Å². The smallest absolute Gasteiger partial charge is 0.344 e. The lowest BCUT2D eigenvalue weighted by Gasteiger charge is -2.17. The molecule has 2 aliphatic rings. The molecule has 3 atom stereocenters. The third-order valence-corrected chi connectivity index (χ3v) is 4.30. The van der Waals surface area contributed by atoms with E-state index in [0.29, 0.717) is 35.1 Å². The van der Waals surface area contributed by atoms with Crippen molar-refractivity contribution in [3.63, 3.8) is 0 Å². The van der Waals surface area contributed by atoms with Gasteiger partial charge in [0.05, 0.1) is 6.61 Å². The summed E-state index contributed by atoms with van der Waals surface area (Å²) in [6, 6.07) is 6.92. The second kappa shape index (κ2) is 5.88. The van der Waals surface area contributed by atoms with Gasteiger partial charge in [0.1, 0.15) is 5.75 Å². The zero-order chi connectivity index (χ0) is 13.9. The van der Waals surface area contributed by atoms with Crippen molar-refractivity contribution < 1.29 is 14.3 Å². The molecule has 0 unspecified atom stereocenters. The van der Waals surface area contributed by atoms with Crippen molar-refractivity contribution in [1.82, 2.24) is 0 Å². The number of carbonyl (C=O) groups is 1. The molecule has 1 aromatic rings. The van der Waals surface area contributed by atoms with E-state index in [4.69, 9.17) is 21.1 Å². The molecule has 0 N–H and O–H groups in total. The normalized spacial score (nSPS) is 26.8. The first-order valence-electron chi connectivity index (χ1n) is 6.93. The molecule has 3 rings (SSSR count). The van der Waals surface area contributed by atoms with Crippen LogP contribution in [-0.2, 0) is 9.53 Å². The van der Waals surface area contributed by atoms with E-state index in [0.717, 1.165) is 6.42 Å². The molecule has 2 bridgehead atoms. The summed E-state index contributed by atoms with van der Waals surface area (Å²) in [5.41, 5.74) is 0. The van der Waals surface area contributed by atoms with Crippen LogP contribution in [0, 0.1) is 17.8 Å². The Kier molecular flexibility index (Phi) is 3.97. The summed E-state index contributed by atoms with van der Waals surface area (Å²) >= 11 is 5.78. The molecule has 0 aromatic heterocycles. The lowest BCUT2D eigenvalue weighted by Crippen LogP contribution is -2.21. The fourth-order valence-corrected chi connectivity index (χ4v) is 3.13. The second-order valence-electron chi connectivity index (χ2n) is 5.47. The van der Waals surface area contributed by atoms with E-state index in [1.54, 1.807) is 24.3 Å². The minimum atomic E-state index is -0.313. The Morgan fingerprint density at radius 1 is 1.20 bits per heavy atom. The van der Waals surface area contributed by atoms with Crippen molar-refractivity contribution in [2.24, 2.45) is 17.8 Å². The van der Waals surface area contributed by atoms with Crippen molar-refractivity contribution >= 4 is 17.6 Å². The maximum Gasteiger partial charge on any atom is 0.344 e. The van der Waals surface area contributed by atoms with E-state index >= 15 is 0 Å². The van der Waals surface area contributed by atoms with Crippen LogP contribution in [0.4, 0.5) is 0 Å². The van der Waals surface area contributed by atoms with Gasteiger partial charge in [0.15, 0.2) is 6.61 Å². The van der Waals surface area contributed by atoms with E-state index in [1.807, 2.05) is 0 Å². The van der Waals surface area contributed by atoms with Crippen LogP contribution in [0.25, 0.3) is 0 Å². The van der Waals surface area contributed by atoms with Gasteiger partial charge in [-0.3, -0.25) is 0 Å². The lowest BCUT2D eigenvalue weighted by atomic mass is 9.95. The average molecular weight is 293 g/mol. The number of halogens is 1. The molecule has 106 valence electrons. The summed E-state index contributed by atoms with van der Waals surface area (Å²) in [6.45, 7) is 0.451. The second-order valence-corrected chi connectivity index (χ2v) is 5.90. The SMILES string of the molecule is O=C(COc1ccc(Cl)cc1)OC[C@H]1C[C@@H]2C=C[C@H]1C2. The number of hydrogen-bond acceptors (Lipinski definition) is 3. The maximum absolute atomic E-state index is 11.7. The fourth-order valence-electron chi connectivity index (χ4n) is 3.00. The Morgan fingerprint density at radius 3 is 2.65 bits per heavy atom. The number of carbonyl (C=O) groups excluding carboxylic acids is 1. The van der Waals surface area contributed by atoms with Crippen LogP contribution in [0.3, 0.4) is 0 Å². The molecule has 0 heterocycles. The summed E-state index contributed by atoms with van der Waals surface area (Å²) in [5.74, 6) is 2.10. The van der Waals surface area contributed by atoms with Crippen LogP contribution in [0.5, 0.6) is 5.75 Å². The summed E-state index contributed by atoms with van der Waals surface area (Å²) in [7, 11) is 0. The molecule has 0 aliphatic heterocycles. The van der Waals surface area contributed by atoms with Crippen LogP contribution in [0.2, 0.25) is 5.02 Å². The van der Waals surface area contributed by atoms with Gasteiger partial charge in [0, 0.05) is 5.02 Å². The Labute approximate surface area is 123 Å². The van der Waals surface area contributed by atoms with Crippen LogP contribution >= 0.6 is 11.6 Å². The predicted octanol–water partition coefficient (Wildman–Crippen LogP) is 3.47. The number of ether oxygens (including phenoxy) is 2. The third kappa shape index (κ3) is 3.15. The molecule has 0 saturated heterocycles. The Balaban J connectivity index is 1.39. The molecule has 0 radical (unpaired) electrons. The van der Waals surface area contributed by atoms with E-state index in [-0.39, 0.29) is 12.6 Å². The Hall–Kier alpha value is -1.48. The highest BCUT2D eigenvalue weighted by Gasteiger charge is 2.36. The molecular weight excluding hydrogens is 276 g/mol. The molecule has 20 heavy (non-hydrogen) atoms. The van der Waals surface area contributed by atoms with Gasteiger partial charge >= 0.3 is 5.97 Å². The highest BCUT2D eigenvalue weighted by Crippen LogP contribution is 2.43. The maximum atomic E-state index is 11.7. The fraction of sp³-hybridized carbons (Fsp3) is 0.438. The zero-order valence-electron chi connectivity index (χ0n) is 11.1. The van der Waals surface area contributed by atoms with Crippen molar-refractivity contribution in [1.29, 1.82) is 0 Å². The quantitative estimate of drug-likeness (QED) is 0.616. The Morgan fingerprint density at radius 2 is 2.00 bits per heavy atom. The van der Waals surface area contributed by atoms with Gasteiger partial charge < -0.3 is 9.47 Å². The Bertz CT molecular complexity index is 509. The first-order valence-corrected chi connectivity index (χ1v) is 7.31. The van der Waals surface area contributed by atoms with Crippen LogP contribution < -0.4 is 4.74 Å². The van der Waals surface area contributed by atoms with Gasteiger partial charge in [0.2, 0.25) is 0 Å². The van der Waals surface area contributed by atoms with E-state index < -0.39 is 0 Å². The van der Waals surface area contributed by atoms with Gasteiger partial charge in [-0.2, -0.15) is 0 Å². The highest BCUT2D eigenvalue weighted by molar-refractivity contribution is 6.30. The summed E-state index contributed by atoms with van der Waals surface area (Å²) in [6.07, 6.45) is 6.92. The highest BCUT2D eigenvalue weighted by atomic mass is 35.5. The molecule has 1 saturated carbocycles. The molecule has 4 heteroatoms. The largest absolute Gasteiger partial charge is 0.482 e. The molecule has 1 fully saturated rings. The minimum Gasteiger partial charge on any atom is -0.482 e. The van der Waals surface area contributed by atoms with Gasteiger partial charge in [-0.05, 0) is 54.9 Å². The first-order chi connectivity index (χ1) is 9.70. The number of benzene rings is 1. The summed E-state index contributed by atoms with van der Waals surface area (Å²) in [4.78, 5) is 11.7. The third-order valence-electron chi connectivity index (χ3n) is 4.05. The monoisotopic (exact) mass is 292 g/mol. The van der Waals surface area contributed by atoms with Crippen LogP contribution in [-0.4, -0.2) is 19.2 Å². The van der Waals surface area contributed by atoms with Gasteiger partial charge in [-0.15, -0.1) is 0 Å². The molecule has 0 amide bonds. The van der Waals surface area contributed by atoms with Crippen LogP contribution in [0.15, 0.2) is 36.4 Å². The van der Waals surface area contributed by atoms with Gasteiger partial charge in [-0.25, -0.2) is 4.79 Å². The summed E-state index contributed by atoms with van der Waals surface area (Å²) < 4.78 is 10.7. The van der Waals surface area contributed by atoms with E-state index in [1.165, 1.54) is 6.42 Å². The topological polar surface area (TPSA) is 35.5 Å². The van der Waals surface area contributed by atoms with Gasteiger partial charge in [-0.1, -0.05) is 23.8 Å². The zero-order valence-corrected chi connectivity index (χ0v) is 11.9. The summed E-state index contributed by atoms with van der Waals surface area (Å²) in [5, 5.41) is 0.643. The molecule has 3 nitrogen and oxygen atoms in total. The molecule has 1 aromatic carbocycles. The molecule has 0 spiro atoms. The van der Waals surface area contributed by atoms with Gasteiger partial charge in [0.25, 0.3) is 0 Å². The lowest BCUT2D eigenvalue weighted by molar-refractivity contribution is -0.147. The number of esters is 1. The van der Waals surface area contributed by atoms with E-state index in [9.17, 15) is 4.79 Å². The molecule has 2 aliphatic carbocycles. The van der Waals surface area contributed by atoms with Crippen molar-refractivity contribution in [2.45, 2.75) is 12.8 Å². The minimum absolute atomic E-state index is 0.0573. The number of allylic oxidation sites excluding steroid dienone is 2. The number of fused-ring (bicyclic) bond motifs is 2. The van der Waals surface area contributed by atoms with Crippen molar-refractivity contribution in [3.8, 4) is 5.75 Å². The molecular formula is C16H17ClO3.